The van der Waals surface area contributed by atoms with Crippen molar-refractivity contribution in [3.63, 3.8) is 0 Å². The number of esters is 1. The second-order valence-corrected chi connectivity index (χ2v) is 5.59. The SMILES string of the molecule is O=C1OC(c2ccccc2)=C(C(=S)Nc2ccc(Cl)cc2)C1=O. The first-order valence-corrected chi connectivity index (χ1v) is 7.48. The molecule has 3 rings (SSSR count). The third-order valence-corrected chi connectivity index (χ3v) is 3.76. The van der Waals surface area contributed by atoms with Crippen molar-refractivity contribution in [3.05, 3.63) is 70.8 Å². The van der Waals surface area contributed by atoms with E-state index < -0.39 is 11.8 Å². The minimum Gasteiger partial charge on any atom is -0.419 e. The van der Waals surface area contributed by atoms with Gasteiger partial charge in [-0.2, -0.15) is 0 Å². The van der Waals surface area contributed by atoms with E-state index in [0.29, 0.717) is 16.3 Å². The van der Waals surface area contributed by atoms with Crippen molar-refractivity contribution in [3.8, 4) is 0 Å². The van der Waals surface area contributed by atoms with Gasteiger partial charge in [-0.1, -0.05) is 54.2 Å². The van der Waals surface area contributed by atoms with Crippen LogP contribution in [-0.2, 0) is 14.3 Å². The first-order valence-electron chi connectivity index (χ1n) is 6.69. The molecule has 4 nitrogen and oxygen atoms in total. The summed E-state index contributed by atoms with van der Waals surface area (Å²) in [5, 5.41) is 3.51. The van der Waals surface area contributed by atoms with Crippen molar-refractivity contribution in [1.82, 2.24) is 0 Å². The molecule has 0 saturated heterocycles. The molecule has 0 bridgehead atoms. The maximum absolute atomic E-state index is 12.1. The molecular weight excluding hydrogens is 334 g/mol. The monoisotopic (exact) mass is 343 g/mol. The summed E-state index contributed by atoms with van der Waals surface area (Å²) >= 11 is 11.1. The highest BCUT2D eigenvalue weighted by Crippen LogP contribution is 2.28. The summed E-state index contributed by atoms with van der Waals surface area (Å²) in [6.45, 7) is 0. The highest BCUT2D eigenvalue weighted by atomic mass is 35.5. The van der Waals surface area contributed by atoms with Crippen LogP contribution in [0.25, 0.3) is 5.76 Å². The molecule has 0 radical (unpaired) electrons. The topological polar surface area (TPSA) is 55.4 Å². The Bertz CT molecular complexity index is 829. The van der Waals surface area contributed by atoms with E-state index in [0.717, 1.165) is 0 Å². The second-order valence-electron chi connectivity index (χ2n) is 4.75. The second kappa shape index (κ2) is 6.32. The van der Waals surface area contributed by atoms with Gasteiger partial charge in [-0.05, 0) is 24.3 Å². The fourth-order valence-electron chi connectivity index (χ4n) is 2.12. The average Bonchev–Trinajstić information content (AvgIpc) is 2.86. The van der Waals surface area contributed by atoms with Gasteiger partial charge in [0.1, 0.15) is 10.6 Å². The number of rotatable bonds is 3. The number of ether oxygens (including phenoxy) is 1. The van der Waals surface area contributed by atoms with Gasteiger partial charge in [0.05, 0.1) is 0 Å². The van der Waals surface area contributed by atoms with Crippen LogP contribution < -0.4 is 5.32 Å². The van der Waals surface area contributed by atoms with Gasteiger partial charge in [-0.3, -0.25) is 4.79 Å². The van der Waals surface area contributed by atoms with Crippen molar-refractivity contribution in [2.45, 2.75) is 0 Å². The molecule has 1 N–H and O–H groups in total. The number of halogens is 1. The van der Waals surface area contributed by atoms with Crippen LogP contribution in [0.15, 0.2) is 60.2 Å². The van der Waals surface area contributed by atoms with E-state index in [9.17, 15) is 9.59 Å². The molecule has 0 atom stereocenters. The van der Waals surface area contributed by atoms with Crippen LogP contribution in [0.4, 0.5) is 5.69 Å². The summed E-state index contributed by atoms with van der Waals surface area (Å²) in [6.07, 6.45) is 0. The normalized spacial score (nSPS) is 14.0. The smallest absolute Gasteiger partial charge is 0.385 e. The lowest BCUT2D eigenvalue weighted by molar-refractivity contribution is -0.144. The first-order chi connectivity index (χ1) is 11.1. The summed E-state index contributed by atoms with van der Waals surface area (Å²) in [5.41, 5.74) is 1.33. The third kappa shape index (κ3) is 3.16. The van der Waals surface area contributed by atoms with E-state index >= 15 is 0 Å². The molecular formula is C17H10ClNO3S. The summed E-state index contributed by atoms with van der Waals surface area (Å²) in [4.78, 5) is 23.9. The van der Waals surface area contributed by atoms with Gasteiger partial charge in [0.15, 0.2) is 5.76 Å². The molecule has 0 spiro atoms. The molecule has 0 unspecified atom stereocenters. The zero-order valence-electron chi connectivity index (χ0n) is 11.7. The largest absolute Gasteiger partial charge is 0.419 e. The number of Topliss-reactive ketones (excluding diaryl/α,β-unsaturated/α-hetero) is 1. The Hall–Kier alpha value is -2.50. The molecule has 1 aliphatic heterocycles. The first kappa shape index (κ1) is 15.4. The molecule has 6 heteroatoms. The maximum Gasteiger partial charge on any atom is 0.385 e. The third-order valence-electron chi connectivity index (χ3n) is 3.20. The number of anilines is 1. The zero-order chi connectivity index (χ0) is 16.4. The Labute approximate surface area is 142 Å². The number of hydrogen-bond donors (Lipinski definition) is 1. The molecule has 1 aliphatic rings. The van der Waals surface area contributed by atoms with Gasteiger partial charge in [0.25, 0.3) is 5.78 Å². The number of ketones is 1. The molecule has 2 aromatic carbocycles. The zero-order valence-corrected chi connectivity index (χ0v) is 13.3. The van der Waals surface area contributed by atoms with Crippen molar-refractivity contribution < 1.29 is 14.3 Å². The molecule has 23 heavy (non-hydrogen) atoms. The molecule has 1 heterocycles. The number of carbonyl (C=O) groups excluding carboxylic acids is 2. The van der Waals surface area contributed by atoms with Gasteiger partial charge in [-0.25, -0.2) is 4.79 Å². The Morgan fingerprint density at radius 1 is 1.00 bits per heavy atom. The van der Waals surface area contributed by atoms with Crippen LogP contribution in [0.3, 0.4) is 0 Å². The highest BCUT2D eigenvalue weighted by molar-refractivity contribution is 7.81. The summed E-state index contributed by atoms with van der Waals surface area (Å²) in [6, 6.07) is 15.7. The average molecular weight is 344 g/mol. The van der Waals surface area contributed by atoms with Crippen LogP contribution in [0.1, 0.15) is 5.56 Å². The fourth-order valence-corrected chi connectivity index (χ4v) is 2.55. The van der Waals surface area contributed by atoms with Crippen LogP contribution in [0.5, 0.6) is 0 Å². The van der Waals surface area contributed by atoms with Crippen LogP contribution in [0, 0.1) is 0 Å². The lowest BCUT2D eigenvalue weighted by Crippen LogP contribution is -2.20. The highest BCUT2D eigenvalue weighted by Gasteiger charge is 2.37. The number of hydrogen-bond acceptors (Lipinski definition) is 4. The lowest BCUT2D eigenvalue weighted by Gasteiger charge is -2.09. The Kier molecular flexibility index (Phi) is 4.23. The standard InChI is InChI=1S/C17H10ClNO3S/c18-11-6-8-12(9-7-11)19-16(23)13-14(20)17(21)22-15(13)10-4-2-1-3-5-10/h1-9H,(H,19,23). The lowest BCUT2D eigenvalue weighted by atomic mass is 10.1. The van der Waals surface area contributed by atoms with Gasteiger partial charge >= 0.3 is 5.97 Å². The van der Waals surface area contributed by atoms with E-state index in [4.69, 9.17) is 28.6 Å². The summed E-state index contributed by atoms with van der Waals surface area (Å²) < 4.78 is 5.09. The van der Waals surface area contributed by atoms with Crippen molar-refractivity contribution in [1.29, 1.82) is 0 Å². The predicted octanol–water partition coefficient (Wildman–Crippen LogP) is 3.62. The summed E-state index contributed by atoms with van der Waals surface area (Å²) in [5.74, 6) is -1.51. The molecule has 114 valence electrons. The van der Waals surface area contributed by atoms with E-state index in [2.05, 4.69) is 5.32 Å². The number of benzene rings is 2. The number of thiocarbonyl (C=S) groups is 1. The summed E-state index contributed by atoms with van der Waals surface area (Å²) in [7, 11) is 0. The number of carbonyl (C=O) groups is 2. The van der Waals surface area contributed by atoms with Gasteiger partial charge in [0, 0.05) is 16.3 Å². The predicted molar refractivity (Wildman–Crippen MR) is 92.1 cm³/mol. The molecule has 0 amide bonds. The van der Waals surface area contributed by atoms with Gasteiger partial charge in [0.2, 0.25) is 0 Å². The minimum atomic E-state index is -0.931. The Balaban J connectivity index is 1.96. The van der Waals surface area contributed by atoms with Crippen molar-refractivity contribution in [2.75, 3.05) is 5.32 Å². The molecule has 0 aliphatic carbocycles. The van der Waals surface area contributed by atoms with Gasteiger partial charge in [-0.15, -0.1) is 0 Å². The Morgan fingerprint density at radius 2 is 1.65 bits per heavy atom. The molecule has 0 aromatic heterocycles. The van der Waals surface area contributed by atoms with Crippen LogP contribution in [0.2, 0.25) is 5.02 Å². The number of nitrogens with one attached hydrogen (secondary N) is 1. The fraction of sp³-hybridized carbons (Fsp3) is 0. The molecule has 0 fully saturated rings. The van der Waals surface area contributed by atoms with Crippen LogP contribution >= 0.6 is 23.8 Å². The van der Waals surface area contributed by atoms with E-state index in [-0.39, 0.29) is 16.3 Å². The molecule has 0 saturated carbocycles. The maximum atomic E-state index is 12.1. The quantitative estimate of drug-likeness (QED) is 0.524. The minimum absolute atomic E-state index is 0.0613. The van der Waals surface area contributed by atoms with Crippen molar-refractivity contribution >= 4 is 52.0 Å². The van der Waals surface area contributed by atoms with Gasteiger partial charge < -0.3 is 10.1 Å². The van der Waals surface area contributed by atoms with E-state index in [1.165, 1.54) is 0 Å². The van der Waals surface area contributed by atoms with Crippen LogP contribution in [-0.4, -0.2) is 16.7 Å². The van der Waals surface area contributed by atoms with Crippen molar-refractivity contribution in [2.24, 2.45) is 0 Å². The van der Waals surface area contributed by atoms with E-state index in [1.807, 2.05) is 6.07 Å². The van der Waals surface area contributed by atoms with E-state index in [1.54, 1.807) is 48.5 Å². The Morgan fingerprint density at radius 3 is 2.30 bits per heavy atom. The number of cyclic esters (lactones) is 1. The molecule has 2 aromatic rings.